The highest BCUT2D eigenvalue weighted by molar-refractivity contribution is 6.32. The first kappa shape index (κ1) is 24.0. The molecule has 2 heterocycles. The van der Waals surface area contributed by atoms with Gasteiger partial charge in [0, 0.05) is 24.3 Å². The number of fused-ring (bicyclic) bond motifs is 1. The molecular weight excluding hydrogens is 470 g/mol. The van der Waals surface area contributed by atoms with Gasteiger partial charge in [-0.2, -0.15) is 0 Å². The summed E-state index contributed by atoms with van der Waals surface area (Å²) in [5.74, 6) is 1.69. The molecule has 9 nitrogen and oxygen atoms in total. The van der Waals surface area contributed by atoms with E-state index in [9.17, 15) is 4.79 Å². The predicted molar refractivity (Wildman–Crippen MR) is 134 cm³/mol. The highest BCUT2D eigenvalue weighted by atomic mass is 35.5. The molecule has 35 heavy (non-hydrogen) atoms. The molecule has 0 saturated carbocycles. The zero-order valence-corrected chi connectivity index (χ0v) is 19.7. The molecule has 1 atom stereocenters. The van der Waals surface area contributed by atoms with E-state index in [1.807, 2.05) is 42.5 Å². The van der Waals surface area contributed by atoms with E-state index in [0.29, 0.717) is 58.6 Å². The number of aromatic nitrogens is 3. The lowest BCUT2D eigenvalue weighted by atomic mass is 10.2. The van der Waals surface area contributed by atoms with Gasteiger partial charge in [-0.25, -0.2) is 14.8 Å². The molecule has 0 bridgehead atoms. The second-order valence-electron chi connectivity index (χ2n) is 7.74. The van der Waals surface area contributed by atoms with Gasteiger partial charge in [0.2, 0.25) is 0 Å². The molecule has 0 spiro atoms. The Bertz CT molecular complexity index is 1300. The first-order valence-electron chi connectivity index (χ1n) is 10.9. The Morgan fingerprint density at radius 3 is 2.71 bits per heavy atom. The SMILES string of the molecule is CC(CCOc1cccc2ncnc(Nc3ccc(OCc4ccccn4)c(Cl)c3)c12)NC(=O)O. The number of rotatable bonds is 10. The van der Waals surface area contributed by atoms with E-state index in [-0.39, 0.29) is 6.04 Å². The van der Waals surface area contributed by atoms with Gasteiger partial charge in [-0.05, 0) is 49.4 Å². The van der Waals surface area contributed by atoms with Crippen LogP contribution in [-0.2, 0) is 6.61 Å². The van der Waals surface area contributed by atoms with E-state index in [0.717, 1.165) is 5.69 Å². The van der Waals surface area contributed by atoms with Crippen LogP contribution < -0.4 is 20.1 Å². The summed E-state index contributed by atoms with van der Waals surface area (Å²) in [5, 5.41) is 15.7. The maximum absolute atomic E-state index is 10.8. The van der Waals surface area contributed by atoms with Gasteiger partial charge in [0.1, 0.15) is 30.3 Å². The van der Waals surface area contributed by atoms with Crippen molar-refractivity contribution in [3.63, 3.8) is 0 Å². The van der Waals surface area contributed by atoms with Crippen molar-refractivity contribution in [2.45, 2.75) is 26.0 Å². The summed E-state index contributed by atoms with van der Waals surface area (Å²) < 4.78 is 11.8. The van der Waals surface area contributed by atoms with Crippen molar-refractivity contribution >= 4 is 40.1 Å². The zero-order valence-electron chi connectivity index (χ0n) is 18.9. The maximum Gasteiger partial charge on any atom is 0.404 e. The van der Waals surface area contributed by atoms with Gasteiger partial charge in [0.05, 0.1) is 28.2 Å². The van der Waals surface area contributed by atoms with Gasteiger partial charge >= 0.3 is 6.09 Å². The van der Waals surface area contributed by atoms with E-state index < -0.39 is 6.09 Å². The van der Waals surface area contributed by atoms with Crippen LogP contribution in [0.1, 0.15) is 19.0 Å². The van der Waals surface area contributed by atoms with Crippen molar-refractivity contribution < 1.29 is 19.4 Å². The predicted octanol–water partition coefficient (Wildman–Crippen LogP) is 5.43. The highest BCUT2D eigenvalue weighted by Crippen LogP contribution is 2.34. The molecule has 4 rings (SSSR count). The molecule has 0 aliphatic rings. The Kier molecular flexibility index (Phi) is 7.79. The van der Waals surface area contributed by atoms with Crippen LogP contribution in [0.4, 0.5) is 16.3 Å². The van der Waals surface area contributed by atoms with E-state index >= 15 is 0 Å². The minimum absolute atomic E-state index is 0.239. The number of hydrogen-bond donors (Lipinski definition) is 3. The van der Waals surface area contributed by atoms with Crippen LogP contribution in [-0.4, -0.2) is 38.8 Å². The first-order chi connectivity index (χ1) is 17.0. The second kappa shape index (κ2) is 11.3. The summed E-state index contributed by atoms with van der Waals surface area (Å²) in [7, 11) is 0. The van der Waals surface area contributed by atoms with Gasteiger partial charge in [-0.15, -0.1) is 0 Å². The van der Waals surface area contributed by atoms with Gasteiger partial charge in [0.25, 0.3) is 0 Å². The van der Waals surface area contributed by atoms with E-state index in [1.54, 1.807) is 25.3 Å². The van der Waals surface area contributed by atoms with Crippen molar-refractivity contribution in [3.8, 4) is 11.5 Å². The number of carboxylic acid groups (broad SMARTS) is 1. The van der Waals surface area contributed by atoms with Crippen LogP contribution in [0.15, 0.2) is 67.1 Å². The molecule has 4 aromatic rings. The van der Waals surface area contributed by atoms with Crippen LogP contribution in [0.5, 0.6) is 11.5 Å². The highest BCUT2D eigenvalue weighted by Gasteiger charge is 2.13. The van der Waals surface area contributed by atoms with Crippen LogP contribution in [0, 0.1) is 0 Å². The molecule has 0 radical (unpaired) electrons. The number of amides is 1. The molecule has 0 fully saturated rings. The van der Waals surface area contributed by atoms with Crippen molar-refractivity contribution in [1.82, 2.24) is 20.3 Å². The van der Waals surface area contributed by atoms with Crippen molar-refractivity contribution in [2.24, 2.45) is 0 Å². The maximum atomic E-state index is 10.8. The van der Waals surface area contributed by atoms with Crippen LogP contribution in [0.3, 0.4) is 0 Å². The molecule has 2 aromatic heterocycles. The molecule has 1 unspecified atom stereocenters. The van der Waals surface area contributed by atoms with E-state index in [1.165, 1.54) is 6.33 Å². The first-order valence-corrected chi connectivity index (χ1v) is 11.3. The number of ether oxygens (including phenoxy) is 2. The Morgan fingerprint density at radius 1 is 1.06 bits per heavy atom. The van der Waals surface area contributed by atoms with Crippen molar-refractivity contribution in [2.75, 3.05) is 11.9 Å². The zero-order chi connectivity index (χ0) is 24.6. The van der Waals surface area contributed by atoms with Gasteiger partial charge in [-0.3, -0.25) is 4.98 Å². The minimum Gasteiger partial charge on any atom is -0.493 e. The smallest absolute Gasteiger partial charge is 0.404 e. The summed E-state index contributed by atoms with van der Waals surface area (Å²) in [5.41, 5.74) is 2.23. The van der Waals surface area contributed by atoms with Gasteiger partial charge < -0.3 is 25.2 Å². The summed E-state index contributed by atoms with van der Waals surface area (Å²) >= 11 is 6.45. The third-order valence-electron chi connectivity index (χ3n) is 5.10. The number of halogens is 1. The van der Waals surface area contributed by atoms with E-state index in [4.69, 9.17) is 26.2 Å². The van der Waals surface area contributed by atoms with Gasteiger partial charge in [-0.1, -0.05) is 23.7 Å². The van der Waals surface area contributed by atoms with Crippen LogP contribution >= 0.6 is 11.6 Å². The number of nitrogens with one attached hydrogen (secondary N) is 2. The fourth-order valence-corrected chi connectivity index (χ4v) is 3.62. The monoisotopic (exact) mass is 493 g/mol. The Balaban J connectivity index is 1.48. The fraction of sp³-hybridized carbons (Fsp3) is 0.200. The number of hydrogen-bond acceptors (Lipinski definition) is 7. The molecule has 10 heteroatoms. The Labute approximate surface area is 207 Å². The lowest BCUT2D eigenvalue weighted by Gasteiger charge is -2.15. The number of benzene rings is 2. The summed E-state index contributed by atoms with van der Waals surface area (Å²) in [6, 6.07) is 16.3. The molecule has 0 saturated heterocycles. The minimum atomic E-state index is -1.06. The largest absolute Gasteiger partial charge is 0.493 e. The molecule has 0 aliphatic heterocycles. The van der Waals surface area contributed by atoms with E-state index in [2.05, 4.69) is 25.6 Å². The number of carbonyl (C=O) groups is 1. The summed E-state index contributed by atoms with van der Waals surface area (Å²) in [4.78, 5) is 23.8. The molecule has 2 aromatic carbocycles. The Morgan fingerprint density at radius 2 is 1.94 bits per heavy atom. The molecule has 1 amide bonds. The normalized spacial score (nSPS) is 11.6. The topological polar surface area (TPSA) is 118 Å². The van der Waals surface area contributed by atoms with Crippen molar-refractivity contribution in [1.29, 1.82) is 0 Å². The molecule has 0 aliphatic carbocycles. The fourth-order valence-electron chi connectivity index (χ4n) is 3.39. The lowest BCUT2D eigenvalue weighted by molar-refractivity contribution is 0.188. The molecule has 3 N–H and O–H groups in total. The third kappa shape index (κ3) is 6.48. The summed E-state index contributed by atoms with van der Waals surface area (Å²) in [6.45, 7) is 2.42. The van der Waals surface area contributed by atoms with Crippen molar-refractivity contribution in [3.05, 3.63) is 77.8 Å². The van der Waals surface area contributed by atoms with Gasteiger partial charge in [0.15, 0.2) is 0 Å². The van der Waals surface area contributed by atoms with Crippen LogP contribution in [0.25, 0.3) is 10.9 Å². The van der Waals surface area contributed by atoms with Crippen LogP contribution in [0.2, 0.25) is 5.02 Å². The number of nitrogens with zero attached hydrogens (tertiary/aromatic N) is 3. The number of anilines is 2. The quantitative estimate of drug-likeness (QED) is 0.268. The third-order valence-corrected chi connectivity index (χ3v) is 5.39. The average molecular weight is 494 g/mol. The molecule has 180 valence electrons. The average Bonchev–Trinajstić information content (AvgIpc) is 2.84. The lowest BCUT2D eigenvalue weighted by Crippen LogP contribution is -2.32. The number of pyridine rings is 1. The molecular formula is C25H24ClN5O4. The second-order valence-corrected chi connectivity index (χ2v) is 8.15. The Hall–Kier alpha value is -4.11. The summed E-state index contributed by atoms with van der Waals surface area (Å²) in [6.07, 6.45) is 2.63. The standard InChI is InChI=1S/C25H24ClN5O4/c1-16(30-25(32)33)10-12-34-22-7-4-6-20-23(22)24(29-15-28-20)31-17-8-9-21(19(26)13-17)35-14-18-5-2-3-11-27-18/h2-9,11,13,15-16,30H,10,12,14H2,1H3,(H,32,33)(H,28,29,31).